The van der Waals surface area contributed by atoms with Crippen LogP contribution in [0.1, 0.15) is 62.6 Å². The fraction of sp³-hybridized carbons (Fsp3) is 0.733. The summed E-state index contributed by atoms with van der Waals surface area (Å²) in [4.78, 5) is 16.5. The molecular formula is C15H24N2O2S2. The predicted molar refractivity (Wildman–Crippen MR) is 87.9 cm³/mol. The highest BCUT2D eigenvalue weighted by atomic mass is 32.2. The molecule has 1 aromatic rings. The molecule has 0 aliphatic heterocycles. The van der Waals surface area contributed by atoms with Gasteiger partial charge in [-0.15, -0.1) is 11.3 Å². The summed E-state index contributed by atoms with van der Waals surface area (Å²) in [6.45, 7) is 4.37. The Labute approximate surface area is 133 Å². The SMILES string of the molecule is CCCNC(=O)[C@@H](C)[S@](=O)Cc1csc(C2CCCC2)n1. The molecule has 0 unspecified atom stereocenters. The van der Waals surface area contributed by atoms with Crippen LogP contribution in [0.4, 0.5) is 0 Å². The first-order valence-electron chi connectivity index (χ1n) is 7.71. The van der Waals surface area contributed by atoms with E-state index in [4.69, 9.17) is 0 Å². The van der Waals surface area contributed by atoms with Crippen LogP contribution in [-0.2, 0) is 21.3 Å². The van der Waals surface area contributed by atoms with Gasteiger partial charge in [0.2, 0.25) is 5.91 Å². The molecule has 118 valence electrons. The molecule has 1 fully saturated rings. The first-order valence-corrected chi connectivity index (χ1v) is 9.97. The molecule has 1 aromatic heterocycles. The molecule has 1 amide bonds. The number of nitrogens with zero attached hydrogens (tertiary/aromatic N) is 1. The summed E-state index contributed by atoms with van der Waals surface area (Å²) in [6.07, 6.45) is 5.93. The Morgan fingerprint density at radius 1 is 1.52 bits per heavy atom. The van der Waals surface area contributed by atoms with E-state index in [1.165, 1.54) is 30.7 Å². The topological polar surface area (TPSA) is 59.1 Å². The van der Waals surface area contributed by atoms with Gasteiger partial charge in [-0.1, -0.05) is 19.8 Å². The van der Waals surface area contributed by atoms with Gasteiger partial charge in [0.1, 0.15) is 5.25 Å². The van der Waals surface area contributed by atoms with E-state index in [1.54, 1.807) is 18.3 Å². The minimum Gasteiger partial charge on any atom is -0.355 e. The van der Waals surface area contributed by atoms with E-state index in [1.807, 2.05) is 12.3 Å². The van der Waals surface area contributed by atoms with E-state index in [0.717, 1.165) is 12.1 Å². The van der Waals surface area contributed by atoms with Crippen molar-refractivity contribution in [1.29, 1.82) is 0 Å². The van der Waals surface area contributed by atoms with Crippen molar-refractivity contribution in [3.63, 3.8) is 0 Å². The maximum Gasteiger partial charge on any atom is 0.235 e. The van der Waals surface area contributed by atoms with Gasteiger partial charge in [0.05, 0.1) is 16.5 Å². The molecule has 0 aromatic carbocycles. The van der Waals surface area contributed by atoms with Crippen molar-refractivity contribution in [2.45, 2.75) is 62.9 Å². The Kier molecular flexibility index (Phi) is 6.36. The molecule has 1 aliphatic carbocycles. The van der Waals surface area contributed by atoms with Crippen LogP contribution in [-0.4, -0.2) is 26.9 Å². The van der Waals surface area contributed by atoms with E-state index < -0.39 is 16.0 Å². The van der Waals surface area contributed by atoms with Crippen LogP contribution < -0.4 is 5.32 Å². The highest BCUT2D eigenvalue weighted by Crippen LogP contribution is 2.35. The summed E-state index contributed by atoms with van der Waals surface area (Å²) < 4.78 is 12.3. The lowest BCUT2D eigenvalue weighted by atomic mass is 10.1. The summed E-state index contributed by atoms with van der Waals surface area (Å²) >= 11 is 1.68. The molecule has 2 rings (SSSR count). The van der Waals surface area contributed by atoms with Crippen LogP contribution in [0.25, 0.3) is 0 Å². The second kappa shape index (κ2) is 8.03. The third kappa shape index (κ3) is 4.61. The van der Waals surface area contributed by atoms with Gasteiger partial charge in [-0.25, -0.2) is 4.98 Å². The molecular weight excluding hydrogens is 304 g/mol. The first kappa shape index (κ1) is 16.6. The number of hydrogen-bond acceptors (Lipinski definition) is 4. The number of rotatable bonds is 7. The summed E-state index contributed by atoms with van der Waals surface area (Å²) in [5, 5.41) is 5.51. The molecule has 0 saturated heterocycles. The van der Waals surface area contributed by atoms with E-state index in [0.29, 0.717) is 18.2 Å². The molecule has 1 N–H and O–H groups in total. The van der Waals surface area contributed by atoms with E-state index in [-0.39, 0.29) is 5.91 Å². The van der Waals surface area contributed by atoms with Crippen LogP contribution in [0.3, 0.4) is 0 Å². The van der Waals surface area contributed by atoms with Crippen molar-refractivity contribution < 1.29 is 9.00 Å². The Morgan fingerprint density at radius 2 is 2.24 bits per heavy atom. The second-order valence-electron chi connectivity index (χ2n) is 5.62. The molecule has 2 atom stereocenters. The monoisotopic (exact) mass is 328 g/mol. The van der Waals surface area contributed by atoms with Gasteiger partial charge >= 0.3 is 0 Å². The molecule has 0 spiro atoms. The normalized spacial score (nSPS) is 18.6. The first-order chi connectivity index (χ1) is 10.1. The zero-order chi connectivity index (χ0) is 15.2. The average Bonchev–Trinajstić information content (AvgIpc) is 3.14. The highest BCUT2D eigenvalue weighted by Gasteiger charge is 2.23. The van der Waals surface area contributed by atoms with Gasteiger partial charge in [-0.2, -0.15) is 0 Å². The number of thiazole rings is 1. The maximum absolute atomic E-state index is 12.3. The minimum atomic E-state index is -1.21. The summed E-state index contributed by atoms with van der Waals surface area (Å²) in [6, 6.07) is 0. The lowest BCUT2D eigenvalue weighted by molar-refractivity contribution is -0.120. The van der Waals surface area contributed by atoms with Crippen LogP contribution in [0.15, 0.2) is 5.38 Å². The number of amides is 1. The van der Waals surface area contributed by atoms with Gasteiger partial charge in [-0.05, 0) is 26.2 Å². The standard InChI is InChI=1S/C15H24N2O2S2/c1-3-8-16-14(18)11(2)21(19)10-13-9-20-15(17-13)12-6-4-5-7-12/h9,11-12H,3-8,10H2,1-2H3,(H,16,18)/t11-,21-/m1/s1. The van der Waals surface area contributed by atoms with Crippen molar-refractivity contribution in [2.24, 2.45) is 0 Å². The van der Waals surface area contributed by atoms with Crippen LogP contribution in [0.2, 0.25) is 0 Å². The number of carbonyl (C=O) groups excluding carboxylic acids is 1. The Bertz CT molecular complexity index is 496. The van der Waals surface area contributed by atoms with Crippen molar-refractivity contribution in [3.8, 4) is 0 Å². The molecule has 1 saturated carbocycles. The molecule has 0 radical (unpaired) electrons. The molecule has 1 aliphatic rings. The van der Waals surface area contributed by atoms with Crippen molar-refractivity contribution in [2.75, 3.05) is 6.54 Å². The van der Waals surface area contributed by atoms with Crippen molar-refractivity contribution >= 4 is 28.0 Å². The lowest BCUT2D eigenvalue weighted by Gasteiger charge is -2.10. The average molecular weight is 329 g/mol. The van der Waals surface area contributed by atoms with Gasteiger partial charge in [-0.3, -0.25) is 9.00 Å². The fourth-order valence-electron chi connectivity index (χ4n) is 2.53. The summed E-state index contributed by atoms with van der Waals surface area (Å²) in [5.74, 6) is 0.855. The van der Waals surface area contributed by atoms with Crippen LogP contribution >= 0.6 is 11.3 Å². The quantitative estimate of drug-likeness (QED) is 0.837. The van der Waals surface area contributed by atoms with Crippen LogP contribution in [0, 0.1) is 0 Å². The van der Waals surface area contributed by atoms with Gasteiger partial charge in [0, 0.05) is 28.6 Å². The summed E-state index contributed by atoms with van der Waals surface area (Å²) in [7, 11) is -1.21. The number of carbonyl (C=O) groups is 1. The number of nitrogens with one attached hydrogen (secondary N) is 1. The van der Waals surface area contributed by atoms with E-state index in [9.17, 15) is 9.00 Å². The zero-order valence-corrected chi connectivity index (χ0v) is 14.4. The molecule has 0 bridgehead atoms. The largest absolute Gasteiger partial charge is 0.355 e. The fourth-order valence-corrected chi connectivity index (χ4v) is 4.64. The predicted octanol–water partition coefficient (Wildman–Crippen LogP) is 2.96. The number of hydrogen-bond donors (Lipinski definition) is 1. The number of aromatic nitrogens is 1. The Morgan fingerprint density at radius 3 is 2.90 bits per heavy atom. The molecule has 4 nitrogen and oxygen atoms in total. The minimum absolute atomic E-state index is 0.124. The Hall–Kier alpha value is -0.750. The zero-order valence-electron chi connectivity index (χ0n) is 12.8. The summed E-state index contributed by atoms with van der Waals surface area (Å²) in [5.41, 5.74) is 0.871. The van der Waals surface area contributed by atoms with Gasteiger partial charge < -0.3 is 5.32 Å². The van der Waals surface area contributed by atoms with E-state index in [2.05, 4.69) is 10.3 Å². The van der Waals surface area contributed by atoms with E-state index >= 15 is 0 Å². The molecule has 1 heterocycles. The smallest absolute Gasteiger partial charge is 0.235 e. The third-order valence-electron chi connectivity index (χ3n) is 3.88. The molecule has 21 heavy (non-hydrogen) atoms. The van der Waals surface area contributed by atoms with Crippen LogP contribution in [0.5, 0.6) is 0 Å². The second-order valence-corrected chi connectivity index (χ2v) is 8.26. The molecule has 6 heteroatoms. The van der Waals surface area contributed by atoms with Crippen molar-refractivity contribution in [1.82, 2.24) is 10.3 Å². The highest BCUT2D eigenvalue weighted by molar-refractivity contribution is 7.85. The third-order valence-corrected chi connectivity index (χ3v) is 6.52. The Balaban J connectivity index is 1.88. The van der Waals surface area contributed by atoms with Crippen molar-refractivity contribution in [3.05, 3.63) is 16.1 Å². The van der Waals surface area contributed by atoms with Gasteiger partial charge in [0.15, 0.2) is 0 Å². The lowest BCUT2D eigenvalue weighted by Crippen LogP contribution is -2.36. The maximum atomic E-state index is 12.3. The van der Waals surface area contributed by atoms with Gasteiger partial charge in [0.25, 0.3) is 0 Å².